The third-order valence-electron chi connectivity index (χ3n) is 2.26. The zero-order valence-corrected chi connectivity index (χ0v) is 13.2. The minimum atomic E-state index is -3.32. The van der Waals surface area contributed by atoms with Crippen LogP contribution in [-0.4, -0.2) is 33.5 Å². The van der Waals surface area contributed by atoms with Crippen molar-refractivity contribution in [3.63, 3.8) is 0 Å². The molecule has 0 amide bonds. The van der Waals surface area contributed by atoms with E-state index in [0.29, 0.717) is 11.4 Å². The van der Waals surface area contributed by atoms with Crippen molar-refractivity contribution in [2.24, 2.45) is 0 Å². The van der Waals surface area contributed by atoms with Crippen LogP contribution >= 0.6 is 23.1 Å². The molecule has 18 heavy (non-hydrogen) atoms. The predicted octanol–water partition coefficient (Wildman–Crippen LogP) is 1.89. The van der Waals surface area contributed by atoms with Crippen molar-refractivity contribution in [1.29, 1.82) is 0 Å². The molecule has 1 heterocycles. The molecule has 0 unspecified atom stereocenters. The fourth-order valence-electron chi connectivity index (χ4n) is 1.34. The lowest BCUT2D eigenvalue weighted by Gasteiger charge is -2.03. The number of nitrogens with one attached hydrogen (secondary N) is 2. The highest BCUT2D eigenvalue weighted by Crippen LogP contribution is 2.19. The fraction of sp³-hybridized carbons (Fsp3) is 0.636. The van der Waals surface area contributed by atoms with Crippen molar-refractivity contribution < 1.29 is 8.42 Å². The van der Waals surface area contributed by atoms with Crippen molar-refractivity contribution >= 4 is 33.1 Å². The largest absolute Gasteiger partial charge is 0.312 e. The van der Waals surface area contributed by atoms with Gasteiger partial charge in [0.1, 0.15) is 0 Å². The van der Waals surface area contributed by atoms with Crippen LogP contribution in [0.25, 0.3) is 0 Å². The molecule has 0 aliphatic rings. The van der Waals surface area contributed by atoms with Crippen LogP contribution in [0.5, 0.6) is 0 Å². The van der Waals surface area contributed by atoms with Gasteiger partial charge in [-0.1, -0.05) is 6.92 Å². The molecule has 0 radical (unpaired) electrons. The Balaban J connectivity index is 2.55. The molecule has 1 aromatic heterocycles. The van der Waals surface area contributed by atoms with E-state index in [1.807, 2.05) is 6.26 Å². The summed E-state index contributed by atoms with van der Waals surface area (Å²) in [6.07, 6.45) is 3.03. The number of sulfonamides is 1. The summed E-state index contributed by atoms with van der Waals surface area (Å²) in [6.45, 7) is 4.26. The third-order valence-corrected chi connectivity index (χ3v) is 5.40. The van der Waals surface area contributed by atoms with Crippen molar-refractivity contribution in [3.05, 3.63) is 16.3 Å². The summed E-state index contributed by atoms with van der Waals surface area (Å²) in [5.41, 5.74) is 0. The van der Waals surface area contributed by atoms with Crippen molar-refractivity contribution in [3.8, 4) is 0 Å². The second-order valence-corrected chi connectivity index (χ2v) is 7.56. The van der Waals surface area contributed by atoms with Crippen LogP contribution in [0.15, 0.2) is 16.3 Å². The minimum Gasteiger partial charge on any atom is -0.312 e. The monoisotopic (exact) mass is 308 g/mol. The van der Waals surface area contributed by atoms with Crippen LogP contribution < -0.4 is 10.0 Å². The Labute approximate surface area is 118 Å². The molecule has 0 aliphatic carbocycles. The standard InChI is InChI=1S/C11H20N2O2S3/c1-3-4-12-8-10-7-11(9-17-10)18(14,15)13-5-6-16-2/h7,9,12-13H,3-6,8H2,1-2H3. The van der Waals surface area contributed by atoms with Crippen LogP contribution in [0, 0.1) is 0 Å². The van der Waals surface area contributed by atoms with Crippen LogP contribution in [0.4, 0.5) is 0 Å². The van der Waals surface area contributed by atoms with Gasteiger partial charge < -0.3 is 5.32 Å². The van der Waals surface area contributed by atoms with Gasteiger partial charge in [0, 0.05) is 29.1 Å². The van der Waals surface area contributed by atoms with Gasteiger partial charge in [0.05, 0.1) is 4.90 Å². The highest BCUT2D eigenvalue weighted by atomic mass is 32.2. The number of hydrogen-bond acceptors (Lipinski definition) is 5. The van der Waals surface area contributed by atoms with E-state index in [-0.39, 0.29) is 0 Å². The maximum absolute atomic E-state index is 11.9. The smallest absolute Gasteiger partial charge is 0.241 e. The van der Waals surface area contributed by atoms with Gasteiger partial charge in [0.15, 0.2) is 0 Å². The molecule has 0 aliphatic heterocycles. The summed E-state index contributed by atoms with van der Waals surface area (Å²) in [7, 11) is -3.32. The molecule has 1 rings (SSSR count). The molecule has 0 spiro atoms. The van der Waals surface area contributed by atoms with Gasteiger partial charge in [-0.3, -0.25) is 0 Å². The van der Waals surface area contributed by atoms with E-state index in [1.54, 1.807) is 23.2 Å². The normalized spacial score (nSPS) is 11.9. The van der Waals surface area contributed by atoms with Crippen LogP contribution in [0.1, 0.15) is 18.2 Å². The van der Waals surface area contributed by atoms with Gasteiger partial charge in [-0.2, -0.15) is 11.8 Å². The third kappa shape index (κ3) is 5.27. The molecule has 0 aromatic carbocycles. The molecule has 0 saturated carbocycles. The summed E-state index contributed by atoms with van der Waals surface area (Å²) in [6, 6.07) is 1.74. The van der Waals surface area contributed by atoms with Crippen molar-refractivity contribution in [2.75, 3.05) is 25.1 Å². The van der Waals surface area contributed by atoms with Gasteiger partial charge in [-0.25, -0.2) is 13.1 Å². The number of hydrogen-bond donors (Lipinski definition) is 2. The fourth-order valence-corrected chi connectivity index (χ4v) is 4.06. The molecular weight excluding hydrogens is 288 g/mol. The zero-order chi connectivity index (χ0) is 13.4. The molecule has 104 valence electrons. The molecule has 1 aromatic rings. The SMILES string of the molecule is CCCNCc1cc(S(=O)(=O)NCCSC)cs1. The molecule has 2 N–H and O–H groups in total. The quantitative estimate of drug-likeness (QED) is 0.684. The lowest BCUT2D eigenvalue weighted by atomic mass is 10.4. The summed E-state index contributed by atoms with van der Waals surface area (Å²) < 4.78 is 26.4. The first-order valence-electron chi connectivity index (χ1n) is 5.87. The maximum Gasteiger partial charge on any atom is 0.241 e. The van der Waals surface area contributed by atoms with E-state index in [4.69, 9.17) is 0 Å². The molecule has 0 fully saturated rings. The van der Waals surface area contributed by atoms with E-state index >= 15 is 0 Å². The topological polar surface area (TPSA) is 58.2 Å². The van der Waals surface area contributed by atoms with E-state index in [9.17, 15) is 8.42 Å². The summed E-state index contributed by atoms with van der Waals surface area (Å²) in [4.78, 5) is 1.43. The highest BCUT2D eigenvalue weighted by molar-refractivity contribution is 7.98. The Bertz CT molecular complexity index is 443. The van der Waals surface area contributed by atoms with Gasteiger partial charge in [0.2, 0.25) is 10.0 Å². The lowest BCUT2D eigenvalue weighted by molar-refractivity contribution is 0.584. The first-order valence-corrected chi connectivity index (χ1v) is 9.62. The maximum atomic E-state index is 11.9. The predicted molar refractivity (Wildman–Crippen MR) is 79.9 cm³/mol. The molecular formula is C11H20N2O2S3. The van der Waals surface area contributed by atoms with Crippen molar-refractivity contribution in [1.82, 2.24) is 10.0 Å². The second kappa shape index (κ2) is 8.16. The zero-order valence-electron chi connectivity index (χ0n) is 10.7. The van der Waals surface area contributed by atoms with Crippen LogP contribution in [0.3, 0.4) is 0 Å². The van der Waals surface area contributed by atoms with E-state index in [2.05, 4.69) is 17.0 Å². The summed E-state index contributed by atoms with van der Waals surface area (Å²) in [5, 5.41) is 4.96. The minimum absolute atomic E-state index is 0.377. The highest BCUT2D eigenvalue weighted by Gasteiger charge is 2.15. The number of thiophene rings is 1. The average Bonchev–Trinajstić information content (AvgIpc) is 2.79. The van der Waals surface area contributed by atoms with Crippen LogP contribution in [0.2, 0.25) is 0 Å². The molecule has 0 bridgehead atoms. The lowest BCUT2D eigenvalue weighted by Crippen LogP contribution is -2.25. The second-order valence-electron chi connectivity index (χ2n) is 3.82. The number of thioether (sulfide) groups is 1. The van der Waals surface area contributed by atoms with Crippen molar-refractivity contribution in [2.45, 2.75) is 24.8 Å². The molecule has 0 saturated heterocycles. The Kier molecular flexibility index (Phi) is 7.25. The molecule has 4 nitrogen and oxygen atoms in total. The van der Waals surface area contributed by atoms with Gasteiger partial charge in [-0.05, 0) is 25.3 Å². The Morgan fingerprint density at radius 1 is 1.39 bits per heavy atom. The van der Waals surface area contributed by atoms with Crippen LogP contribution in [-0.2, 0) is 16.6 Å². The van der Waals surface area contributed by atoms with E-state index in [1.165, 1.54) is 11.3 Å². The number of rotatable bonds is 9. The summed E-state index contributed by atoms with van der Waals surface area (Å²) >= 11 is 3.10. The first kappa shape index (κ1) is 16.0. The summed E-state index contributed by atoms with van der Waals surface area (Å²) in [5.74, 6) is 0.786. The Hall–Kier alpha value is -0.0800. The first-order chi connectivity index (χ1) is 8.60. The molecule has 0 atom stereocenters. The van der Waals surface area contributed by atoms with Gasteiger partial charge in [-0.15, -0.1) is 11.3 Å². The molecule has 7 heteroatoms. The van der Waals surface area contributed by atoms with E-state index < -0.39 is 10.0 Å². The van der Waals surface area contributed by atoms with Gasteiger partial charge in [0.25, 0.3) is 0 Å². The Morgan fingerprint density at radius 2 is 2.17 bits per heavy atom. The van der Waals surface area contributed by atoms with Gasteiger partial charge >= 0.3 is 0 Å². The Morgan fingerprint density at radius 3 is 2.83 bits per heavy atom. The average molecular weight is 308 g/mol. The van der Waals surface area contributed by atoms with E-state index in [0.717, 1.165) is 30.1 Å².